The first-order chi connectivity index (χ1) is 2.30. The highest BCUT2D eigenvalue weighted by atomic mass is 16.3. The molecule has 0 aromatic rings. The van der Waals surface area contributed by atoms with Gasteiger partial charge in [-0.25, -0.2) is 0 Å². The minimum Gasteiger partial charge on any atom is -0.512 e. The summed E-state index contributed by atoms with van der Waals surface area (Å²) >= 11 is 0. The Bertz CT molecular complexity index is 73.7. The zero-order valence-corrected chi connectivity index (χ0v) is 3.10. The molecule has 0 aliphatic heterocycles. The van der Waals surface area contributed by atoms with E-state index in [1.54, 1.807) is 6.08 Å². The van der Waals surface area contributed by atoms with Crippen molar-refractivity contribution in [2.75, 3.05) is 0 Å². The molecule has 5 heavy (non-hydrogen) atoms. The Labute approximate surface area is 30.9 Å². The van der Waals surface area contributed by atoms with E-state index in [2.05, 4.69) is 0 Å². The van der Waals surface area contributed by atoms with E-state index < -0.39 is 0 Å². The minimum absolute atomic E-state index is 0.398. The second-order valence-electron chi connectivity index (χ2n) is 1.38. The molecule has 1 heteroatoms. The maximum absolute atomic E-state index is 8.30. The van der Waals surface area contributed by atoms with Gasteiger partial charge in [-0.1, -0.05) is 6.92 Å². The van der Waals surface area contributed by atoms with Gasteiger partial charge in [0.25, 0.3) is 0 Å². The maximum Gasteiger partial charge on any atom is 0.0957 e. The minimum atomic E-state index is 0.398. The number of aliphatic hydroxyl groups excluding tert-OH is 1. The van der Waals surface area contributed by atoms with Crippen molar-refractivity contribution in [1.29, 1.82) is 0 Å². The lowest BCUT2D eigenvalue weighted by Crippen LogP contribution is -1.62. The lowest BCUT2D eigenvalue weighted by atomic mass is 10.4. The van der Waals surface area contributed by atoms with Gasteiger partial charge in [0, 0.05) is 5.92 Å². The normalized spacial score (nSPS) is 33.0. The van der Waals surface area contributed by atoms with Gasteiger partial charge in [-0.15, -0.1) is 0 Å². The van der Waals surface area contributed by atoms with E-state index >= 15 is 0 Å². The fourth-order valence-corrected chi connectivity index (χ4v) is 0.208. The molecule has 1 aliphatic carbocycles. The van der Waals surface area contributed by atoms with Gasteiger partial charge >= 0.3 is 0 Å². The van der Waals surface area contributed by atoms with Gasteiger partial charge < -0.3 is 5.11 Å². The number of hydrogen-bond acceptors (Lipinski definition) is 1. The van der Waals surface area contributed by atoms with Crippen LogP contribution in [0.2, 0.25) is 0 Å². The van der Waals surface area contributed by atoms with Crippen molar-refractivity contribution >= 4 is 0 Å². The van der Waals surface area contributed by atoms with Crippen LogP contribution in [0.4, 0.5) is 0 Å². The highest BCUT2D eigenvalue weighted by molar-refractivity contribution is 5.18. The van der Waals surface area contributed by atoms with Crippen molar-refractivity contribution in [2.45, 2.75) is 6.92 Å². The van der Waals surface area contributed by atoms with Crippen molar-refractivity contribution in [3.63, 3.8) is 0 Å². The van der Waals surface area contributed by atoms with E-state index in [0.717, 1.165) is 0 Å². The molecule has 0 bridgehead atoms. The Balaban J connectivity index is 2.38. The van der Waals surface area contributed by atoms with Crippen LogP contribution in [-0.4, -0.2) is 5.11 Å². The summed E-state index contributed by atoms with van der Waals surface area (Å²) in [5, 5.41) is 8.30. The van der Waals surface area contributed by atoms with E-state index in [0.29, 0.717) is 11.7 Å². The topological polar surface area (TPSA) is 20.2 Å². The summed E-state index contributed by atoms with van der Waals surface area (Å²) in [6.45, 7) is 1.95. The molecule has 0 heterocycles. The van der Waals surface area contributed by atoms with Gasteiger partial charge in [-0.05, 0) is 6.08 Å². The van der Waals surface area contributed by atoms with Crippen LogP contribution in [0.1, 0.15) is 6.92 Å². The van der Waals surface area contributed by atoms with Gasteiger partial charge in [0.05, 0.1) is 5.76 Å². The molecule has 28 valence electrons. The van der Waals surface area contributed by atoms with Crippen molar-refractivity contribution < 1.29 is 5.11 Å². The van der Waals surface area contributed by atoms with Gasteiger partial charge in [0.15, 0.2) is 0 Å². The van der Waals surface area contributed by atoms with E-state index in [-0.39, 0.29) is 0 Å². The van der Waals surface area contributed by atoms with Crippen LogP contribution >= 0.6 is 0 Å². The quantitative estimate of drug-likeness (QED) is 0.452. The molecule has 1 rings (SSSR count). The monoisotopic (exact) mass is 70.0 g/mol. The second-order valence-corrected chi connectivity index (χ2v) is 1.38. The van der Waals surface area contributed by atoms with E-state index in [9.17, 15) is 0 Å². The summed E-state index contributed by atoms with van der Waals surface area (Å²) in [5.41, 5.74) is 0. The van der Waals surface area contributed by atoms with Crippen LogP contribution in [0, 0.1) is 5.92 Å². The molecule has 1 N–H and O–H groups in total. The molecule has 0 fully saturated rings. The van der Waals surface area contributed by atoms with Crippen molar-refractivity contribution in [3.05, 3.63) is 11.8 Å². The third-order valence-electron chi connectivity index (χ3n) is 0.778. The molecule has 0 amide bonds. The fourth-order valence-electron chi connectivity index (χ4n) is 0.208. The third-order valence-corrected chi connectivity index (χ3v) is 0.778. The molecular formula is C4H6O. The van der Waals surface area contributed by atoms with Crippen molar-refractivity contribution in [3.8, 4) is 0 Å². The first-order valence-corrected chi connectivity index (χ1v) is 1.71. The first-order valence-electron chi connectivity index (χ1n) is 1.71. The zero-order chi connectivity index (χ0) is 3.86. The molecule has 0 saturated heterocycles. The molecule has 0 saturated carbocycles. The van der Waals surface area contributed by atoms with Crippen LogP contribution in [-0.2, 0) is 0 Å². The average molecular weight is 70.1 g/mol. The van der Waals surface area contributed by atoms with Crippen LogP contribution in [0.5, 0.6) is 0 Å². The predicted molar refractivity (Wildman–Crippen MR) is 19.9 cm³/mol. The van der Waals surface area contributed by atoms with Crippen LogP contribution in [0.15, 0.2) is 11.8 Å². The van der Waals surface area contributed by atoms with Gasteiger partial charge in [0.1, 0.15) is 0 Å². The number of allylic oxidation sites excluding steroid dienone is 2. The lowest BCUT2D eigenvalue weighted by Gasteiger charge is -1.69. The van der Waals surface area contributed by atoms with Gasteiger partial charge in [0.2, 0.25) is 0 Å². The summed E-state index contributed by atoms with van der Waals surface area (Å²) in [7, 11) is 0. The largest absolute Gasteiger partial charge is 0.512 e. The summed E-state index contributed by atoms with van der Waals surface area (Å²) in [4.78, 5) is 0. The lowest BCUT2D eigenvalue weighted by molar-refractivity contribution is 0.415. The predicted octanol–water partition coefficient (Wildman–Crippen LogP) is 1.08. The van der Waals surface area contributed by atoms with Crippen LogP contribution in [0.25, 0.3) is 0 Å². The molecule has 1 aliphatic rings. The third kappa shape index (κ3) is 0.274. The highest BCUT2D eigenvalue weighted by Gasteiger charge is 2.15. The standard InChI is InChI=1S/C4H6O/c1-3-2-4(3)5/h2-3,5H,1H3/t3-/m1/s1. The fraction of sp³-hybridized carbons (Fsp3) is 0.500. The first kappa shape index (κ1) is 2.76. The van der Waals surface area contributed by atoms with E-state index in [1.165, 1.54) is 0 Å². The summed E-state index contributed by atoms with van der Waals surface area (Å²) in [6.07, 6.45) is 1.81. The number of rotatable bonds is 0. The summed E-state index contributed by atoms with van der Waals surface area (Å²) in [6, 6.07) is 0. The van der Waals surface area contributed by atoms with Crippen molar-refractivity contribution in [1.82, 2.24) is 0 Å². The summed E-state index contributed by atoms with van der Waals surface area (Å²) in [5.74, 6) is 0.944. The maximum atomic E-state index is 8.30. The molecule has 0 unspecified atom stereocenters. The molecular weight excluding hydrogens is 64.0 g/mol. The molecule has 1 atom stereocenters. The number of hydrogen-bond donors (Lipinski definition) is 1. The Morgan fingerprint density at radius 1 is 2.00 bits per heavy atom. The smallest absolute Gasteiger partial charge is 0.0957 e. The van der Waals surface area contributed by atoms with E-state index in [4.69, 9.17) is 5.11 Å². The number of aliphatic hydroxyl groups is 1. The molecule has 0 spiro atoms. The molecule has 0 aromatic carbocycles. The Morgan fingerprint density at radius 3 is 2.20 bits per heavy atom. The Morgan fingerprint density at radius 2 is 2.20 bits per heavy atom. The Hall–Kier alpha value is -0.460. The Kier molecular flexibility index (Phi) is 0.295. The van der Waals surface area contributed by atoms with Crippen molar-refractivity contribution in [2.24, 2.45) is 5.92 Å². The molecule has 0 aromatic heterocycles. The second kappa shape index (κ2) is 0.534. The molecule has 0 radical (unpaired) electrons. The van der Waals surface area contributed by atoms with Crippen LogP contribution < -0.4 is 0 Å². The zero-order valence-electron chi connectivity index (χ0n) is 3.10. The van der Waals surface area contributed by atoms with Gasteiger partial charge in [-0.2, -0.15) is 0 Å². The highest BCUT2D eigenvalue weighted by Crippen LogP contribution is 2.23. The van der Waals surface area contributed by atoms with Crippen LogP contribution in [0.3, 0.4) is 0 Å². The van der Waals surface area contributed by atoms with E-state index in [1.807, 2.05) is 6.92 Å². The van der Waals surface area contributed by atoms with Gasteiger partial charge in [-0.3, -0.25) is 0 Å². The average Bonchev–Trinajstić information content (AvgIpc) is 1.79. The summed E-state index contributed by atoms with van der Waals surface area (Å²) < 4.78 is 0. The molecule has 1 nitrogen and oxygen atoms in total. The SMILES string of the molecule is C[C@@H]1C=C1O.